The van der Waals surface area contributed by atoms with Gasteiger partial charge in [-0.2, -0.15) is 0 Å². The molecule has 0 fully saturated rings. The Morgan fingerprint density at radius 2 is 2.35 bits per heavy atom. The van der Waals surface area contributed by atoms with Gasteiger partial charge in [-0.1, -0.05) is 13.0 Å². The van der Waals surface area contributed by atoms with E-state index in [-0.39, 0.29) is 0 Å². The summed E-state index contributed by atoms with van der Waals surface area (Å²) in [5.74, 6) is 6.14. The van der Waals surface area contributed by atoms with E-state index in [2.05, 4.69) is 35.1 Å². The summed E-state index contributed by atoms with van der Waals surface area (Å²) >= 11 is 0. The van der Waals surface area contributed by atoms with Crippen molar-refractivity contribution in [3.05, 3.63) is 30.1 Å². The second-order valence-electron chi connectivity index (χ2n) is 4.18. The standard InChI is InChI=1S/C15H22N2/c1-3-5-8-15(17-11-4-2)10-9-14-7-6-12-16-13-14/h6-7,12-13,15,17H,4,8-11H2,1-2H3. The molecule has 1 rings (SSSR count). The SMILES string of the molecule is CC#CCC(CCc1cccnc1)NCCC. The minimum atomic E-state index is 0.502. The molecular weight excluding hydrogens is 208 g/mol. The van der Waals surface area contributed by atoms with Gasteiger partial charge in [0.05, 0.1) is 0 Å². The van der Waals surface area contributed by atoms with Crippen LogP contribution < -0.4 is 5.32 Å². The molecule has 0 spiro atoms. The highest BCUT2D eigenvalue weighted by Gasteiger charge is 2.06. The van der Waals surface area contributed by atoms with Crippen LogP contribution in [-0.4, -0.2) is 17.6 Å². The van der Waals surface area contributed by atoms with Crippen LogP contribution >= 0.6 is 0 Å². The van der Waals surface area contributed by atoms with E-state index >= 15 is 0 Å². The monoisotopic (exact) mass is 230 g/mol. The zero-order valence-electron chi connectivity index (χ0n) is 10.9. The Morgan fingerprint density at radius 1 is 1.47 bits per heavy atom. The van der Waals surface area contributed by atoms with Crippen LogP contribution in [0, 0.1) is 11.8 Å². The van der Waals surface area contributed by atoms with Crippen molar-refractivity contribution < 1.29 is 0 Å². The first-order chi connectivity index (χ1) is 8.36. The van der Waals surface area contributed by atoms with Gasteiger partial charge in [0, 0.05) is 24.9 Å². The van der Waals surface area contributed by atoms with E-state index in [1.54, 1.807) is 0 Å². The molecule has 2 heteroatoms. The van der Waals surface area contributed by atoms with Gasteiger partial charge in [-0.15, -0.1) is 11.8 Å². The lowest BCUT2D eigenvalue weighted by molar-refractivity contribution is 0.488. The third-order valence-corrected chi connectivity index (χ3v) is 2.71. The Kier molecular flexibility index (Phi) is 7.09. The van der Waals surface area contributed by atoms with Crippen LogP contribution in [0.25, 0.3) is 0 Å². The van der Waals surface area contributed by atoms with Crippen LogP contribution in [-0.2, 0) is 6.42 Å². The summed E-state index contributed by atoms with van der Waals surface area (Å²) in [6, 6.07) is 4.63. The fraction of sp³-hybridized carbons (Fsp3) is 0.533. The number of aromatic nitrogens is 1. The molecule has 0 aliphatic heterocycles. The molecule has 0 aliphatic carbocycles. The van der Waals surface area contributed by atoms with Gasteiger partial charge in [0.15, 0.2) is 0 Å². The Labute approximate surface area is 105 Å². The largest absolute Gasteiger partial charge is 0.313 e. The van der Waals surface area contributed by atoms with Crippen LogP contribution in [0.3, 0.4) is 0 Å². The first kappa shape index (κ1) is 13.7. The molecule has 1 N–H and O–H groups in total. The molecule has 1 heterocycles. The van der Waals surface area contributed by atoms with Gasteiger partial charge in [0.25, 0.3) is 0 Å². The quantitative estimate of drug-likeness (QED) is 0.729. The molecule has 0 radical (unpaired) electrons. The predicted octanol–water partition coefficient (Wildman–Crippen LogP) is 2.80. The van der Waals surface area contributed by atoms with E-state index in [0.29, 0.717) is 6.04 Å². The molecule has 0 bridgehead atoms. The lowest BCUT2D eigenvalue weighted by Crippen LogP contribution is -2.29. The first-order valence-corrected chi connectivity index (χ1v) is 6.38. The average Bonchev–Trinajstić information content (AvgIpc) is 2.39. The van der Waals surface area contributed by atoms with E-state index in [1.165, 1.54) is 12.0 Å². The van der Waals surface area contributed by atoms with Gasteiger partial charge in [-0.3, -0.25) is 4.98 Å². The molecule has 1 atom stereocenters. The molecule has 1 aromatic rings. The predicted molar refractivity (Wildman–Crippen MR) is 72.7 cm³/mol. The van der Waals surface area contributed by atoms with Crippen LogP contribution in [0.4, 0.5) is 0 Å². The maximum atomic E-state index is 4.14. The number of nitrogens with zero attached hydrogens (tertiary/aromatic N) is 1. The van der Waals surface area contributed by atoms with Gasteiger partial charge in [0.2, 0.25) is 0 Å². The summed E-state index contributed by atoms with van der Waals surface area (Å²) in [7, 11) is 0. The third kappa shape index (κ3) is 6.09. The maximum absolute atomic E-state index is 4.14. The molecule has 0 saturated carbocycles. The van der Waals surface area contributed by atoms with E-state index in [4.69, 9.17) is 0 Å². The van der Waals surface area contributed by atoms with Crippen molar-refractivity contribution in [3.63, 3.8) is 0 Å². The van der Waals surface area contributed by atoms with E-state index in [1.807, 2.05) is 25.4 Å². The van der Waals surface area contributed by atoms with Gasteiger partial charge < -0.3 is 5.32 Å². The number of hydrogen-bond donors (Lipinski definition) is 1. The van der Waals surface area contributed by atoms with Crippen LogP contribution in [0.15, 0.2) is 24.5 Å². The van der Waals surface area contributed by atoms with Crippen molar-refractivity contribution in [1.29, 1.82) is 0 Å². The normalized spacial score (nSPS) is 11.6. The average molecular weight is 230 g/mol. The van der Waals surface area contributed by atoms with Crippen molar-refractivity contribution in [1.82, 2.24) is 10.3 Å². The molecule has 2 nitrogen and oxygen atoms in total. The van der Waals surface area contributed by atoms with Gasteiger partial charge in [-0.25, -0.2) is 0 Å². The molecule has 0 saturated heterocycles. The Morgan fingerprint density at radius 3 is 3.00 bits per heavy atom. The highest BCUT2D eigenvalue weighted by atomic mass is 14.9. The molecular formula is C15H22N2. The summed E-state index contributed by atoms with van der Waals surface area (Å²) in [5.41, 5.74) is 1.31. The summed E-state index contributed by atoms with van der Waals surface area (Å²) < 4.78 is 0. The zero-order chi connectivity index (χ0) is 12.3. The van der Waals surface area contributed by atoms with Gasteiger partial charge in [-0.05, 0) is 44.4 Å². The summed E-state index contributed by atoms with van der Waals surface area (Å²) in [5, 5.41) is 3.55. The van der Waals surface area contributed by atoms with Crippen molar-refractivity contribution in [2.45, 2.75) is 45.6 Å². The second-order valence-corrected chi connectivity index (χ2v) is 4.18. The lowest BCUT2D eigenvalue weighted by atomic mass is 10.0. The fourth-order valence-electron chi connectivity index (χ4n) is 1.74. The number of nitrogens with one attached hydrogen (secondary N) is 1. The highest BCUT2D eigenvalue weighted by Crippen LogP contribution is 2.06. The molecule has 0 amide bonds. The van der Waals surface area contributed by atoms with E-state index in [9.17, 15) is 0 Å². The Balaban J connectivity index is 2.39. The molecule has 0 aromatic carbocycles. The van der Waals surface area contributed by atoms with Crippen molar-refractivity contribution in [2.75, 3.05) is 6.54 Å². The number of hydrogen-bond acceptors (Lipinski definition) is 2. The zero-order valence-corrected chi connectivity index (χ0v) is 10.9. The Hall–Kier alpha value is -1.33. The third-order valence-electron chi connectivity index (χ3n) is 2.71. The van der Waals surface area contributed by atoms with Crippen molar-refractivity contribution in [3.8, 4) is 11.8 Å². The smallest absolute Gasteiger partial charge is 0.0299 e. The van der Waals surface area contributed by atoms with E-state index in [0.717, 1.165) is 25.8 Å². The molecule has 1 unspecified atom stereocenters. The number of rotatable bonds is 7. The second kappa shape index (κ2) is 8.78. The maximum Gasteiger partial charge on any atom is 0.0299 e. The summed E-state index contributed by atoms with van der Waals surface area (Å²) in [6.07, 6.45) is 8.07. The van der Waals surface area contributed by atoms with Crippen molar-refractivity contribution in [2.24, 2.45) is 0 Å². The minimum Gasteiger partial charge on any atom is -0.313 e. The topological polar surface area (TPSA) is 24.9 Å². The lowest BCUT2D eigenvalue weighted by Gasteiger charge is -2.15. The fourth-order valence-corrected chi connectivity index (χ4v) is 1.74. The minimum absolute atomic E-state index is 0.502. The van der Waals surface area contributed by atoms with Crippen molar-refractivity contribution >= 4 is 0 Å². The summed E-state index contributed by atoms with van der Waals surface area (Å²) in [4.78, 5) is 4.14. The summed E-state index contributed by atoms with van der Waals surface area (Å²) in [6.45, 7) is 5.16. The highest BCUT2D eigenvalue weighted by molar-refractivity contribution is 5.09. The van der Waals surface area contributed by atoms with E-state index < -0.39 is 0 Å². The Bertz CT molecular complexity index is 348. The molecule has 1 aromatic heterocycles. The number of pyridine rings is 1. The first-order valence-electron chi connectivity index (χ1n) is 6.38. The van der Waals surface area contributed by atoms with Gasteiger partial charge in [0.1, 0.15) is 0 Å². The molecule has 92 valence electrons. The van der Waals surface area contributed by atoms with Crippen LogP contribution in [0.2, 0.25) is 0 Å². The van der Waals surface area contributed by atoms with Crippen LogP contribution in [0.1, 0.15) is 38.7 Å². The van der Waals surface area contributed by atoms with Crippen LogP contribution in [0.5, 0.6) is 0 Å². The molecule has 17 heavy (non-hydrogen) atoms. The van der Waals surface area contributed by atoms with Gasteiger partial charge >= 0.3 is 0 Å². The molecule has 0 aliphatic rings. The number of aryl methyl sites for hydroxylation is 1.